The largest absolute Gasteiger partial charge is 0.497 e. The lowest BCUT2D eigenvalue weighted by molar-refractivity contribution is 0.415. The van der Waals surface area contributed by atoms with Crippen molar-refractivity contribution in [2.45, 2.75) is 25.7 Å². The summed E-state index contributed by atoms with van der Waals surface area (Å²) in [7, 11) is -1.87. The van der Waals surface area contributed by atoms with Gasteiger partial charge in [-0.3, -0.25) is 5.43 Å². The Kier molecular flexibility index (Phi) is 6.69. The zero-order chi connectivity index (χ0) is 21.7. The van der Waals surface area contributed by atoms with E-state index in [9.17, 15) is 8.42 Å². The van der Waals surface area contributed by atoms with Crippen molar-refractivity contribution in [1.29, 1.82) is 0 Å². The molecule has 7 nitrogen and oxygen atoms in total. The van der Waals surface area contributed by atoms with Gasteiger partial charge in [0.1, 0.15) is 16.5 Å². The fourth-order valence-corrected chi connectivity index (χ4v) is 4.50. The molecule has 0 aliphatic heterocycles. The predicted molar refractivity (Wildman–Crippen MR) is 121 cm³/mol. The van der Waals surface area contributed by atoms with Gasteiger partial charge >= 0.3 is 0 Å². The van der Waals surface area contributed by atoms with Crippen molar-refractivity contribution in [2.75, 3.05) is 25.6 Å². The number of sulfonamides is 1. The van der Waals surface area contributed by atoms with Crippen molar-refractivity contribution in [3.8, 4) is 5.75 Å². The van der Waals surface area contributed by atoms with Gasteiger partial charge < -0.3 is 4.74 Å². The molecule has 1 heterocycles. The van der Waals surface area contributed by atoms with Gasteiger partial charge in [0.2, 0.25) is 10.0 Å². The molecular formula is C22H26N4O3S. The van der Waals surface area contributed by atoms with E-state index in [-0.39, 0.29) is 4.90 Å². The zero-order valence-electron chi connectivity index (χ0n) is 17.6. The minimum atomic E-state index is -3.52. The molecule has 0 amide bonds. The minimum Gasteiger partial charge on any atom is -0.497 e. The molecule has 0 bridgehead atoms. The van der Waals surface area contributed by atoms with Crippen LogP contribution in [-0.4, -0.2) is 43.6 Å². The molecule has 3 aromatic rings. The van der Waals surface area contributed by atoms with E-state index in [1.807, 2.05) is 51.1 Å². The average Bonchev–Trinajstić information content (AvgIpc) is 2.77. The molecule has 0 unspecified atom stereocenters. The van der Waals surface area contributed by atoms with Crippen LogP contribution in [0.2, 0.25) is 0 Å². The van der Waals surface area contributed by atoms with Crippen LogP contribution in [0, 0.1) is 0 Å². The second-order valence-corrected chi connectivity index (χ2v) is 8.64. The van der Waals surface area contributed by atoms with Gasteiger partial charge in [0.15, 0.2) is 0 Å². The third kappa shape index (κ3) is 4.60. The van der Waals surface area contributed by atoms with Crippen molar-refractivity contribution in [1.82, 2.24) is 9.29 Å². The van der Waals surface area contributed by atoms with E-state index in [1.54, 1.807) is 13.2 Å². The topological polar surface area (TPSA) is 83.9 Å². The Morgan fingerprint density at radius 3 is 2.40 bits per heavy atom. The van der Waals surface area contributed by atoms with E-state index >= 15 is 0 Å². The normalized spacial score (nSPS) is 12.4. The third-order valence-corrected chi connectivity index (χ3v) is 6.92. The summed E-state index contributed by atoms with van der Waals surface area (Å²) in [6.45, 7) is 6.36. The lowest BCUT2D eigenvalue weighted by Gasteiger charge is -2.18. The smallest absolute Gasteiger partial charge is 0.244 e. The van der Waals surface area contributed by atoms with Crippen LogP contribution < -0.4 is 10.2 Å². The number of nitrogens with one attached hydrogen (secondary N) is 1. The first kappa shape index (κ1) is 21.7. The van der Waals surface area contributed by atoms with Crippen molar-refractivity contribution in [3.05, 3.63) is 60.3 Å². The van der Waals surface area contributed by atoms with Crippen LogP contribution in [0.5, 0.6) is 5.75 Å². The Balaban J connectivity index is 1.76. The summed E-state index contributed by atoms with van der Waals surface area (Å²) in [5.74, 6) is 1.29. The molecule has 0 saturated heterocycles. The highest BCUT2D eigenvalue weighted by Crippen LogP contribution is 2.22. The number of ether oxygens (including phenoxy) is 1. The number of fused-ring (bicyclic) bond motifs is 1. The van der Waals surface area contributed by atoms with Crippen molar-refractivity contribution < 1.29 is 13.2 Å². The van der Waals surface area contributed by atoms with Crippen LogP contribution >= 0.6 is 0 Å². The first-order chi connectivity index (χ1) is 14.4. The molecule has 158 valence electrons. The molecule has 0 radical (unpaired) electrons. The van der Waals surface area contributed by atoms with Gasteiger partial charge in [0, 0.05) is 19.3 Å². The summed E-state index contributed by atoms with van der Waals surface area (Å²) >= 11 is 0. The number of hydrazone groups is 1. The first-order valence-corrected chi connectivity index (χ1v) is 11.2. The Labute approximate surface area is 177 Å². The summed E-state index contributed by atoms with van der Waals surface area (Å²) in [5, 5.41) is 6.56. The highest BCUT2D eigenvalue weighted by atomic mass is 32.2. The number of benzene rings is 2. The van der Waals surface area contributed by atoms with Crippen LogP contribution in [0.3, 0.4) is 0 Å². The van der Waals surface area contributed by atoms with E-state index in [2.05, 4.69) is 21.6 Å². The Bertz CT molecular complexity index is 1150. The van der Waals surface area contributed by atoms with Gasteiger partial charge in [0.05, 0.1) is 12.8 Å². The SMILES string of the molecule is CCN(CC)S(=O)(=O)c1ccc(NN=C(C)c2ccc3cc(OC)ccc3c2)nc1. The van der Waals surface area contributed by atoms with Crippen LogP contribution in [-0.2, 0) is 10.0 Å². The van der Waals surface area contributed by atoms with Crippen LogP contribution in [0.15, 0.2) is 64.7 Å². The first-order valence-electron chi connectivity index (χ1n) is 9.73. The molecule has 0 atom stereocenters. The maximum Gasteiger partial charge on any atom is 0.244 e. The molecule has 0 spiro atoms. The Hall–Kier alpha value is -2.97. The molecular weight excluding hydrogens is 400 g/mol. The summed E-state index contributed by atoms with van der Waals surface area (Å²) in [6, 6.07) is 15.2. The molecule has 0 saturated carbocycles. The monoisotopic (exact) mass is 426 g/mol. The summed E-state index contributed by atoms with van der Waals surface area (Å²) in [4.78, 5) is 4.36. The molecule has 2 aromatic carbocycles. The number of pyridine rings is 1. The summed E-state index contributed by atoms with van der Waals surface area (Å²) in [6.07, 6.45) is 1.35. The molecule has 0 aliphatic carbocycles. The van der Waals surface area contributed by atoms with Crippen LogP contribution in [0.1, 0.15) is 26.3 Å². The maximum absolute atomic E-state index is 12.5. The van der Waals surface area contributed by atoms with Gasteiger partial charge in [-0.15, -0.1) is 0 Å². The number of aromatic nitrogens is 1. The van der Waals surface area contributed by atoms with Crippen molar-refractivity contribution >= 4 is 32.3 Å². The lowest BCUT2D eigenvalue weighted by Crippen LogP contribution is -2.30. The second kappa shape index (κ2) is 9.23. The quantitative estimate of drug-likeness (QED) is 0.433. The fourth-order valence-electron chi connectivity index (χ4n) is 3.09. The molecule has 1 aromatic heterocycles. The lowest BCUT2D eigenvalue weighted by atomic mass is 10.0. The molecule has 30 heavy (non-hydrogen) atoms. The molecule has 1 N–H and O–H groups in total. The number of methoxy groups -OCH3 is 1. The third-order valence-electron chi connectivity index (χ3n) is 4.88. The Morgan fingerprint density at radius 1 is 1.07 bits per heavy atom. The molecule has 8 heteroatoms. The maximum atomic E-state index is 12.5. The highest BCUT2D eigenvalue weighted by Gasteiger charge is 2.21. The van der Waals surface area contributed by atoms with E-state index in [1.165, 1.54) is 16.6 Å². The van der Waals surface area contributed by atoms with Crippen molar-refractivity contribution in [3.63, 3.8) is 0 Å². The Morgan fingerprint density at radius 2 is 1.77 bits per heavy atom. The number of anilines is 1. The minimum absolute atomic E-state index is 0.169. The highest BCUT2D eigenvalue weighted by molar-refractivity contribution is 7.89. The van der Waals surface area contributed by atoms with E-state index in [0.717, 1.165) is 27.8 Å². The number of nitrogens with zero attached hydrogens (tertiary/aromatic N) is 3. The van der Waals surface area contributed by atoms with E-state index < -0.39 is 10.0 Å². The van der Waals surface area contributed by atoms with Gasteiger partial charge in [0.25, 0.3) is 0 Å². The van der Waals surface area contributed by atoms with Crippen LogP contribution in [0.4, 0.5) is 5.82 Å². The second-order valence-electron chi connectivity index (χ2n) is 6.71. The van der Waals surface area contributed by atoms with Crippen LogP contribution in [0.25, 0.3) is 10.8 Å². The summed E-state index contributed by atoms with van der Waals surface area (Å²) in [5.41, 5.74) is 4.65. The number of hydrogen-bond donors (Lipinski definition) is 1. The van der Waals surface area contributed by atoms with E-state index in [0.29, 0.717) is 18.9 Å². The number of hydrogen-bond acceptors (Lipinski definition) is 6. The van der Waals surface area contributed by atoms with Gasteiger partial charge in [-0.1, -0.05) is 32.0 Å². The standard InChI is InChI=1S/C22H26N4O3S/c1-5-26(6-2)30(27,28)21-11-12-22(23-15-21)25-24-16(3)17-7-8-19-14-20(29-4)10-9-18(19)13-17/h7-15H,5-6H2,1-4H3,(H,23,25). The average molecular weight is 427 g/mol. The van der Waals surface area contributed by atoms with E-state index in [4.69, 9.17) is 4.74 Å². The van der Waals surface area contributed by atoms with Gasteiger partial charge in [-0.05, 0) is 53.6 Å². The number of rotatable bonds is 8. The predicted octanol–water partition coefficient (Wildman–Crippen LogP) is 4.11. The zero-order valence-corrected chi connectivity index (χ0v) is 18.4. The van der Waals surface area contributed by atoms with Gasteiger partial charge in [-0.25, -0.2) is 13.4 Å². The molecule has 0 fully saturated rings. The van der Waals surface area contributed by atoms with Crippen molar-refractivity contribution in [2.24, 2.45) is 5.10 Å². The van der Waals surface area contributed by atoms with Gasteiger partial charge in [-0.2, -0.15) is 9.41 Å². The fraction of sp³-hybridized carbons (Fsp3) is 0.273. The summed E-state index contributed by atoms with van der Waals surface area (Å²) < 4.78 is 31.7. The molecule has 0 aliphatic rings. The molecule has 3 rings (SSSR count).